The van der Waals surface area contributed by atoms with Gasteiger partial charge in [-0.05, 0) is 43.0 Å². The van der Waals surface area contributed by atoms with Gasteiger partial charge in [0, 0.05) is 19.6 Å². The molecule has 2 atom stereocenters. The minimum absolute atomic E-state index is 0.939. The van der Waals surface area contributed by atoms with E-state index in [0.29, 0.717) is 0 Å². The number of nitrogens with zero attached hydrogens (tertiary/aromatic N) is 1. The maximum atomic E-state index is 3.28. The quantitative estimate of drug-likeness (QED) is 0.826. The molecule has 1 aliphatic heterocycles. The molecule has 0 amide bonds. The van der Waals surface area contributed by atoms with Crippen molar-refractivity contribution in [3.63, 3.8) is 0 Å². The largest absolute Gasteiger partial charge is 0.319 e. The van der Waals surface area contributed by atoms with Crippen LogP contribution in [0.3, 0.4) is 0 Å². The summed E-state index contributed by atoms with van der Waals surface area (Å²) in [5.41, 5.74) is 3.07. The van der Waals surface area contributed by atoms with Gasteiger partial charge in [-0.25, -0.2) is 0 Å². The van der Waals surface area contributed by atoms with E-state index in [1.165, 1.54) is 43.7 Å². The standard InChI is InChI=1S/C14H20N2/c1-15-7-13-6-14(13)10-16-8-11-4-2-3-5-12(11)9-16/h2-5,13-15H,6-10H2,1H3/t13-,14-/m0/s1. The summed E-state index contributed by atoms with van der Waals surface area (Å²) < 4.78 is 0. The van der Waals surface area contributed by atoms with Crippen molar-refractivity contribution in [1.82, 2.24) is 10.2 Å². The highest BCUT2D eigenvalue weighted by Crippen LogP contribution is 2.39. The Hall–Kier alpha value is -0.860. The molecule has 3 rings (SSSR count). The number of benzene rings is 1. The number of hydrogen-bond acceptors (Lipinski definition) is 2. The number of rotatable bonds is 4. The average molecular weight is 216 g/mol. The van der Waals surface area contributed by atoms with Crippen molar-refractivity contribution in [3.8, 4) is 0 Å². The Labute approximate surface area is 97.6 Å². The van der Waals surface area contributed by atoms with Crippen molar-refractivity contribution in [3.05, 3.63) is 35.4 Å². The summed E-state index contributed by atoms with van der Waals surface area (Å²) in [7, 11) is 2.06. The average Bonchev–Trinajstić information content (AvgIpc) is 2.88. The van der Waals surface area contributed by atoms with Gasteiger partial charge in [-0.3, -0.25) is 4.90 Å². The molecule has 1 fully saturated rings. The van der Waals surface area contributed by atoms with Crippen molar-refractivity contribution in [1.29, 1.82) is 0 Å². The molecule has 86 valence electrons. The molecular weight excluding hydrogens is 196 g/mol. The van der Waals surface area contributed by atoms with Crippen LogP contribution in [0.5, 0.6) is 0 Å². The van der Waals surface area contributed by atoms with Crippen molar-refractivity contribution in [2.75, 3.05) is 20.1 Å². The summed E-state index contributed by atoms with van der Waals surface area (Å²) >= 11 is 0. The summed E-state index contributed by atoms with van der Waals surface area (Å²) in [6.45, 7) is 4.82. The van der Waals surface area contributed by atoms with E-state index >= 15 is 0 Å². The van der Waals surface area contributed by atoms with E-state index in [2.05, 4.69) is 41.5 Å². The fourth-order valence-corrected chi connectivity index (χ4v) is 2.91. The van der Waals surface area contributed by atoms with Crippen LogP contribution in [-0.4, -0.2) is 25.0 Å². The first-order valence-corrected chi connectivity index (χ1v) is 6.30. The van der Waals surface area contributed by atoms with E-state index in [1.54, 1.807) is 0 Å². The van der Waals surface area contributed by atoms with Gasteiger partial charge in [0.15, 0.2) is 0 Å². The monoisotopic (exact) mass is 216 g/mol. The van der Waals surface area contributed by atoms with Gasteiger partial charge in [-0.15, -0.1) is 0 Å². The molecule has 16 heavy (non-hydrogen) atoms. The van der Waals surface area contributed by atoms with Crippen LogP contribution in [0.4, 0.5) is 0 Å². The van der Waals surface area contributed by atoms with Gasteiger partial charge in [-0.1, -0.05) is 24.3 Å². The highest BCUT2D eigenvalue weighted by molar-refractivity contribution is 5.30. The van der Waals surface area contributed by atoms with Crippen LogP contribution in [0.25, 0.3) is 0 Å². The van der Waals surface area contributed by atoms with Gasteiger partial charge < -0.3 is 5.32 Å². The molecular formula is C14H20N2. The molecule has 2 nitrogen and oxygen atoms in total. The Kier molecular flexibility index (Phi) is 2.70. The number of nitrogens with one attached hydrogen (secondary N) is 1. The summed E-state index contributed by atoms with van der Waals surface area (Å²) in [5, 5.41) is 3.28. The zero-order chi connectivity index (χ0) is 11.0. The Morgan fingerprint density at radius 1 is 1.19 bits per heavy atom. The number of fused-ring (bicyclic) bond motifs is 1. The predicted octanol–water partition coefficient (Wildman–Crippen LogP) is 1.86. The predicted molar refractivity (Wildman–Crippen MR) is 66.1 cm³/mol. The third-order valence-corrected chi connectivity index (χ3v) is 3.93. The molecule has 0 saturated heterocycles. The molecule has 0 aromatic heterocycles. The minimum Gasteiger partial charge on any atom is -0.319 e. The van der Waals surface area contributed by atoms with Crippen LogP contribution >= 0.6 is 0 Å². The molecule has 1 saturated carbocycles. The Morgan fingerprint density at radius 2 is 1.88 bits per heavy atom. The van der Waals surface area contributed by atoms with Gasteiger partial charge in [0.05, 0.1) is 0 Å². The normalized spacial score (nSPS) is 28.1. The van der Waals surface area contributed by atoms with E-state index in [4.69, 9.17) is 0 Å². The topological polar surface area (TPSA) is 15.3 Å². The Morgan fingerprint density at radius 3 is 2.50 bits per heavy atom. The maximum Gasteiger partial charge on any atom is 0.0240 e. The van der Waals surface area contributed by atoms with Gasteiger partial charge in [0.25, 0.3) is 0 Å². The summed E-state index contributed by atoms with van der Waals surface area (Å²) in [5.74, 6) is 1.88. The van der Waals surface area contributed by atoms with Crippen LogP contribution in [-0.2, 0) is 13.1 Å². The fourth-order valence-electron chi connectivity index (χ4n) is 2.91. The molecule has 0 spiro atoms. The summed E-state index contributed by atoms with van der Waals surface area (Å²) in [4.78, 5) is 2.60. The first-order valence-electron chi connectivity index (χ1n) is 6.30. The fraction of sp³-hybridized carbons (Fsp3) is 0.571. The highest BCUT2D eigenvalue weighted by Gasteiger charge is 2.38. The van der Waals surface area contributed by atoms with Gasteiger partial charge >= 0.3 is 0 Å². The zero-order valence-corrected chi connectivity index (χ0v) is 9.95. The SMILES string of the molecule is CNC[C@@H]1C[C@H]1CN1Cc2ccccc2C1. The van der Waals surface area contributed by atoms with E-state index in [-0.39, 0.29) is 0 Å². The second-order valence-corrected chi connectivity index (χ2v) is 5.25. The highest BCUT2D eigenvalue weighted by atomic mass is 15.1. The lowest BCUT2D eigenvalue weighted by molar-refractivity contribution is 0.266. The summed E-state index contributed by atoms with van der Waals surface area (Å²) in [6.07, 6.45) is 1.42. The number of hydrogen-bond donors (Lipinski definition) is 1. The van der Waals surface area contributed by atoms with Crippen LogP contribution in [0.2, 0.25) is 0 Å². The lowest BCUT2D eigenvalue weighted by Gasteiger charge is -2.14. The molecule has 1 heterocycles. The molecule has 1 aromatic carbocycles. The maximum absolute atomic E-state index is 3.28. The molecule has 0 radical (unpaired) electrons. The second-order valence-electron chi connectivity index (χ2n) is 5.25. The van der Waals surface area contributed by atoms with Crippen LogP contribution in [0, 0.1) is 11.8 Å². The molecule has 0 unspecified atom stereocenters. The van der Waals surface area contributed by atoms with Crippen molar-refractivity contribution in [2.24, 2.45) is 11.8 Å². The zero-order valence-electron chi connectivity index (χ0n) is 9.95. The van der Waals surface area contributed by atoms with Gasteiger partial charge in [-0.2, -0.15) is 0 Å². The van der Waals surface area contributed by atoms with Crippen molar-refractivity contribution < 1.29 is 0 Å². The molecule has 1 N–H and O–H groups in total. The minimum atomic E-state index is 0.939. The van der Waals surface area contributed by atoms with Crippen LogP contribution in [0.15, 0.2) is 24.3 Å². The van der Waals surface area contributed by atoms with E-state index in [1.807, 2.05) is 0 Å². The van der Waals surface area contributed by atoms with E-state index in [9.17, 15) is 0 Å². The van der Waals surface area contributed by atoms with Crippen molar-refractivity contribution >= 4 is 0 Å². The third-order valence-electron chi connectivity index (χ3n) is 3.93. The lowest BCUT2D eigenvalue weighted by atomic mass is 10.1. The third kappa shape index (κ3) is 2.00. The van der Waals surface area contributed by atoms with E-state index < -0.39 is 0 Å². The first-order chi connectivity index (χ1) is 7.86. The first kappa shape index (κ1) is 10.3. The lowest BCUT2D eigenvalue weighted by Crippen LogP contribution is -2.21. The molecule has 1 aliphatic carbocycles. The molecule has 2 heteroatoms. The van der Waals surface area contributed by atoms with Gasteiger partial charge in [0.2, 0.25) is 0 Å². The van der Waals surface area contributed by atoms with Gasteiger partial charge in [0.1, 0.15) is 0 Å². The van der Waals surface area contributed by atoms with Crippen LogP contribution in [0.1, 0.15) is 17.5 Å². The van der Waals surface area contributed by atoms with Crippen molar-refractivity contribution in [2.45, 2.75) is 19.5 Å². The Bertz CT molecular complexity index is 350. The van der Waals surface area contributed by atoms with Crippen LogP contribution < -0.4 is 5.32 Å². The smallest absolute Gasteiger partial charge is 0.0240 e. The molecule has 2 aliphatic rings. The summed E-state index contributed by atoms with van der Waals surface area (Å²) in [6, 6.07) is 8.85. The second kappa shape index (κ2) is 4.19. The molecule has 1 aromatic rings. The van der Waals surface area contributed by atoms with E-state index in [0.717, 1.165) is 11.8 Å². The molecule has 0 bridgehead atoms. The Balaban J connectivity index is 1.53.